The number of aromatic nitrogens is 1. The topological polar surface area (TPSA) is 85.2 Å². The number of hydrogen-bond acceptors (Lipinski definition) is 5. The maximum atomic E-state index is 12.5. The Labute approximate surface area is 115 Å². The van der Waals surface area contributed by atoms with Crippen molar-refractivity contribution in [2.45, 2.75) is 6.42 Å². The first-order valence-electron chi connectivity index (χ1n) is 6.32. The Bertz CT molecular complexity index is 624. The van der Waals surface area contributed by atoms with Crippen molar-refractivity contribution in [2.75, 3.05) is 25.4 Å². The zero-order valence-corrected chi connectivity index (χ0v) is 11.3. The predicted molar refractivity (Wildman–Crippen MR) is 77.1 cm³/mol. The molecule has 0 aromatic carbocycles. The van der Waals surface area contributed by atoms with Gasteiger partial charge in [0, 0.05) is 30.9 Å². The summed E-state index contributed by atoms with van der Waals surface area (Å²) in [5, 5.41) is 0.915. The van der Waals surface area contributed by atoms with Gasteiger partial charge in [-0.3, -0.25) is 9.78 Å². The summed E-state index contributed by atoms with van der Waals surface area (Å²) in [6.07, 6.45) is 4.42. The number of carbonyl (C=O) groups is 1. The highest BCUT2D eigenvalue weighted by Crippen LogP contribution is 2.34. The summed E-state index contributed by atoms with van der Waals surface area (Å²) in [4.78, 5) is 19.0. The first-order valence-corrected chi connectivity index (χ1v) is 7.13. The molecular weight excluding hydrogens is 260 g/mol. The van der Waals surface area contributed by atoms with Crippen LogP contribution in [0.1, 0.15) is 16.1 Å². The second-order valence-electron chi connectivity index (χ2n) is 4.86. The van der Waals surface area contributed by atoms with E-state index in [0.29, 0.717) is 23.0 Å². The number of rotatable bonds is 2. The normalized spacial score (nSPS) is 19.2. The molecule has 1 unspecified atom stereocenters. The maximum absolute atomic E-state index is 12.5. The van der Waals surface area contributed by atoms with Gasteiger partial charge in [-0.25, -0.2) is 0 Å². The number of anilines is 1. The van der Waals surface area contributed by atoms with Crippen LogP contribution in [-0.2, 0) is 0 Å². The van der Waals surface area contributed by atoms with Crippen LogP contribution in [0.25, 0.3) is 10.1 Å². The van der Waals surface area contributed by atoms with Gasteiger partial charge in [0.1, 0.15) is 4.88 Å². The number of thiophene rings is 1. The van der Waals surface area contributed by atoms with E-state index in [2.05, 4.69) is 4.98 Å². The summed E-state index contributed by atoms with van der Waals surface area (Å²) in [5.74, 6) is 0.441. The predicted octanol–water partition coefficient (Wildman–Crippen LogP) is 1.30. The molecule has 1 aliphatic heterocycles. The van der Waals surface area contributed by atoms with E-state index in [1.54, 1.807) is 12.4 Å². The zero-order chi connectivity index (χ0) is 13.4. The highest BCUT2D eigenvalue weighted by molar-refractivity contribution is 7.21. The molecule has 5 nitrogen and oxygen atoms in total. The summed E-state index contributed by atoms with van der Waals surface area (Å²) in [6.45, 7) is 2.14. The minimum absolute atomic E-state index is 0.0228. The molecule has 6 heteroatoms. The quantitative estimate of drug-likeness (QED) is 0.865. The van der Waals surface area contributed by atoms with E-state index >= 15 is 0 Å². The molecule has 1 fully saturated rings. The monoisotopic (exact) mass is 276 g/mol. The lowest BCUT2D eigenvalue weighted by Crippen LogP contribution is -2.29. The molecule has 3 rings (SSSR count). The van der Waals surface area contributed by atoms with Crippen LogP contribution in [0, 0.1) is 5.92 Å². The molecule has 1 saturated heterocycles. The summed E-state index contributed by atoms with van der Waals surface area (Å²) >= 11 is 1.42. The molecule has 0 saturated carbocycles. The van der Waals surface area contributed by atoms with Crippen LogP contribution < -0.4 is 11.5 Å². The van der Waals surface area contributed by atoms with Gasteiger partial charge in [-0.1, -0.05) is 0 Å². The van der Waals surface area contributed by atoms with Crippen molar-refractivity contribution in [3.63, 3.8) is 0 Å². The molecule has 0 radical (unpaired) electrons. The number of likely N-dealkylation sites (tertiary alicyclic amines) is 1. The summed E-state index contributed by atoms with van der Waals surface area (Å²) in [6, 6.07) is 1.85. The average molecular weight is 276 g/mol. The second-order valence-corrected chi connectivity index (χ2v) is 5.91. The van der Waals surface area contributed by atoms with Gasteiger partial charge in [0.15, 0.2) is 0 Å². The summed E-state index contributed by atoms with van der Waals surface area (Å²) < 4.78 is 0.956. The molecule has 0 bridgehead atoms. The van der Waals surface area contributed by atoms with E-state index in [1.807, 2.05) is 11.0 Å². The van der Waals surface area contributed by atoms with Crippen molar-refractivity contribution in [2.24, 2.45) is 11.7 Å². The SMILES string of the molecule is NCC1CCN(C(=O)c2sc3cnccc3c2N)C1. The molecule has 2 aromatic heterocycles. The summed E-state index contributed by atoms with van der Waals surface area (Å²) in [7, 11) is 0. The van der Waals surface area contributed by atoms with E-state index in [-0.39, 0.29) is 5.91 Å². The van der Waals surface area contributed by atoms with Crippen LogP contribution in [0.5, 0.6) is 0 Å². The third-order valence-corrected chi connectivity index (χ3v) is 4.78. The lowest BCUT2D eigenvalue weighted by molar-refractivity contribution is 0.0793. The number of amides is 1. The highest BCUT2D eigenvalue weighted by atomic mass is 32.1. The van der Waals surface area contributed by atoms with E-state index < -0.39 is 0 Å². The molecule has 4 N–H and O–H groups in total. The Morgan fingerprint density at radius 3 is 3.11 bits per heavy atom. The van der Waals surface area contributed by atoms with E-state index in [0.717, 1.165) is 29.6 Å². The molecule has 1 amide bonds. The van der Waals surface area contributed by atoms with Crippen LogP contribution in [0.4, 0.5) is 5.69 Å². The largest absolute Gasteiger partial charge is 0.397 e. The first kappa shape index (κ1) is 12.4. The fourth-order valence-corrected chi connectivity index (χ4v) is 3.54. The lowest BCUT2D eigenvalue weighted by atomic mass is 10.1. The number of nitrogen functional groups attached to an aromatic ring is 1. The average Bonchev–Trinajstić information content (AvgIpc) is 3.04. The molecule has 2 aromatic rings. The number of pyridine rings is 1. The molecule has 100 valence electrons. The van der Waals surface area contributed by atoms with Crippen LogP contribution in [-0.4, -0.2) is 35.4 Å². The second kappa shape index (κ2) is 4.79. The Kier molecular flexibility index (Phi) is 3.12. The van der Waals surface area contributed by atoms with Crippen molar-refractivity contribution in [1.29, 1.82) is 0 Å². The zero-order valence-electron chi connectivity index (χ0n) is 10.5. The van der Waals surface area contributed by atoms with Gasteiger partial charge < -0.3 is 16.4 Å². The number of hydrogen-bond donors (Lipinski definition) is 2. The molecule has 1 atom stereocenters. The number of fused-ring (bicyclic) bond motifs is 1. The van der Waals surface area contributed by atoms with Crippen LogP contribution in [0.3, 0.4) is 0 Å². The fourth-order valence-electron chi connectivity index (χ4n) is 2.48. The minimum atomic E-state index is 0.0228. The smallest absolute Gasteiger partial charge is 0.266 e. The molecule has 1 aliphatic rings. The van der Waals surface area contributed by atoms with Gasteiger partial charge in [-0.2, -0.15) is 0 Å². The Morgan fingerprint density at radius 1 is 1.58 bits per heavy atom. The van der Waals surface area contributed by atoms with Crippen molar-refractivity contribution in [3.05, 3.63) is 23.3 Å². The van der Waals surface area contributed by atoms with Gasteiger partial charge in [-0.05, 0) is 24.9 Å². The van der Waals surface area contributed by atoms with Gasteiger partial charge >= 0.3 is 0 Å². The molecule has 0 aliphatic carbocycles. The van der Waals surface area contributed by atoms with Gasteiger partial charge in [0.25, 0.3) is 5.91 Å². The number of nitrogens with zero attached hydrogens (tertiary/aromatic N) is 2. The van der Waals surface area contributed by atoms with Gasteiger partial charge in [-0.15, -0.1) is 11.3 Å². The summed E-state index contributed by atoms with van der Waals surface area (Å²) in [5.41, 5.74) is 12.3. The molecular formula is C13H16N4OS. The first-order chi connectivity index (χ1) is 9.20. The van der Waals surface area contributed by atoms with E-state index in [9.17, 15) is 4.79 Å². The van der Waals surface area contributed by atoms with Crippen LogP contribution in [0.15, 0.2) is 18.5 Å². The van der Waals surface area contributed by atoms with E-state index in [1.165, 1.54) is 11.3 Å². The van der Waals surface area contributed by atoms with Crippen molar-refractivity contribution < 1.29 is 4.79 Å². The molecule has 19 heavy (non-hydrogen) atoms. The Morgan fingerprint density at radius 2 is 2.42 bits per heavy atom. The van der Waals surface area contributed by atoms with Crippen molar-refractivity contribution in [1.82, 2.24) is 9.88 Å². The molecule has 0 spiro atoms. The molecule has 3 heterocycles. The highest BCUT2D eigenvalue weighted by Gasteiger charge is 2.28. The van der Waals surface area contributed by atoms with E-state index in [4.69, 9.17) is 11.5 Å². The maximum Gasteiger partial charge on any atom is 0.266 e. The van der Waals surface area contributed by atoms with Crippen molar-refractivity contribution in [3.8, 4) is 0 Å². The standard InChI is InChI=1S/C13H16N4OS/c14-5-8-2-4-17(7-8)13(18)12-11(15)9-1-3-16-6-10(9)19-12/h1,3,6,8H,2,4-5,7,14-15H2. The van der Waals surface area contributed by atoms with Crippen LogP contribution in [0.2, 0.25) is 0 Å². The Hall–Kier alpha value is -1.66. The van der Waals surface area contributed by atoms with Gasteiger partial charge in [0.05, 0.1) is 10.4 Å². The fraction of sp³-hybridized carbons (Fsp3) is 0.385. The number of nitrogens with two attached hydrogens (primary N) is 2. The van der Waals surface area contributed by atoms with Crippen LogP contribution >= 0.6 is 11.3 Å². The minimum Gasteiger partial charge on any atom is -0.397 e. The Balaban J connectivity index is 1.92. The third kappa shape index (κ3) is 2.06. The lowest BCUT2D eigenvalue weighted by Gasteiger charge is -2.15. The third-order valence-electron chi connectivity index (χ3n) is 3.63. The number of carbonyl (C=O) groups excluding carboxylic acids is 1. The van der Waals surface area contributed by atoms with Crippen molar-refractivity contribution >= 4 is 33.0 Å². The van der Waals surface area contributed by atoms with Gasteiger partial charge in [0.2, 0.25) is 0 Å².